The number of carbonyl (C=O) groups excluding carboxylic acids is 4. The smallest absolute Gasteiger partial charge is 0.462 e. The number of aliphatic hydroxyl groups excluding tert-OH is 1. The van der Waals surface area contributed by atoms with Gasteiger partial charge < -0.3 is 33.8 Å². The number of aliphatic hydroxyl groups is 1. The zero-order valence-corrected chi connectivity index (χ0v) is 68.2. The van der Waals surface area contributed by atoms with E-state index in [-0.39, 0.29) is 25.7 Å². The Kier molecular flexibility index (Phi) is 75.0. The molecule has 0 aromatic carbocycles. The van der Waals surface area contributed by atoms with Crippen LogP contribution < -0.4 is 0 Å². The minimum Gasteiger partial charge on any atom is -0.462 e. The fourth-order valence-corrected chi connectivity index (χ4v) is 13.3. The average Bonchev–Trinajstić information content (AvgIpc) is 1.07. The Balaban J connectivity index is 5.38. The van der Waals surface area contributed by atoms with Crippen molar-refractivity contribution in [1.29, 1.82) is 0 Å². The van der Waals surface area contributed by atoms with Crippen molar-refractivity contribution in [2.75, 3.05) is 39.6 Å². The third-order valence-electron chi connectivity index (χ3n) is 18.2. The summed E-state index contributed by atoms with van der Waals surface area (Å²) in [6.45, 7) is 4.84. The first-order valence-electron chi connectivity index (χ1n) is 42.2. The van der Waals surface area contributed by atoms with Crippen molar-refractivity contribution < 1.29 is 80.2 Å². The van der Waals surface area contributed by atoms with Gasteiger partial charge in [0, 0.05) is 25.7 Å². The number of phosphoric ester groups is 2. The van der Waals surface area contributed by atoms with Gasteiger partial charge in [-0.25, -0.2) is 9.13 Å². The number of unbranched alkanes of at least 4 members (excludes halogenated alkanes) is 42. The van der Waals surface area contributed by atoms with Crippen molar-refractivity contribution in [3.8, 4) is 0 Å². The maximum absolute atomic E-state index is 13.1. The summed E-state index contributed by atoms with van der Waals surface area (Å²) in [5.74, 6) is -2.22. The van der Waals surface area contributed by atoms with Crippen molar-refractivity contribution in [2.45, 2.75) is 406 Å². The first-order valence-corrected chi connectivity index (χ1v) is 45.2. The molecule has 0 aliphatic heterocycles. The summed E-state index contributed by atoms with van der Waals surface area (Å²) in [6, 6.07) is 0. The molecular formula is C85H154O17P2. The number of hydrogen-bond donors (Lipinski definition) is 3. The van der Waals surface area contributed by atoms with Crippen LogP contribution in [0.2, 0.25) is 0 Å². The van der Waals surface area contributed by atoms with Crippen molar-refractivity contribution in [2.24, 2.45) is 0 Å². The topological polar surface area (TPSA) is 237 Å². The van der Waals surface area contributed by atoms with Gasteiger partial charge >= 0.3 is 39.5 Å². The molecule has 2 unspecified atom stereocenters. The molecule has 0 amide bonds. The van der Waals surface area contributed by atoms with Crippen molar-refractivity contribution in [3.63, 3.8) is 0 Å². The number of phosphoric acid groups is 2. The van der Waals surface area contributed by atoms with Crippen LogP contribution in [0.5, 0.6) is 0 Å². The van der Waals surface area contributed by atoms with Crippen LogP contribution in [-0.4, -0.2) is 96.7 Å². The summed E-state index contributed by atoms with van der Waals surface area (Å²) in [4.78, 5) is 73.1. The second-order valence-electron chi connectivity index (χ2n) is 28.4. The van der Waals surface area contributed by atoms with Crippen LogP contribution in [0.3, 0.4) is 0 Å². The molecule has 0 saturated heterocycles. The number of ether oxygens (including phenoxy) is 4. The third kappa shape index (κ3) is 76.7. The second-order valence-corrected chi connectivity index (χ2v) is 31.3. The van der Waals surface area contributed by atoms with Gasteiger partial charge in [-0.1, -0.05) is 338 Å². The molecule has 0 aliphatic rings. The lowest BCUT2D eigenvalue weighted by Gasteiger charge is -2.21. The number of carbonyl (C=O) groups is 4. The molecule has 0 aromatic rings. The van der Waals surface area contributed by atoms with E-state index in [1.54, 1.807) is 0 Å². The van der Waals surface area contributed by atoms with E-state index >= 15 is 0 Å². The third-order valence-corrected chi connectivity index (χ3v) is 20.1. The molecule has 0 aromatic heterocycles. The Hall–Kier alpha value is -3.50. The summed E-state index contributed by atoms with van der Waals surface area (Å²) in [5.41, 5.74) is 0. The van der Waals surface area contributed by atoms with Crippen LogP contribution in [-0.2, 0) is 65.4 Å². The Morgan fingerprint density at radius 1 is 0.269 bits per heavy atom. The molecule has 104 heavy (non-hydrogen) atoms. The maximum atomic E-state index is 13.1. The van der Waals surface area contributed by atoms with Crippen LogP contribution in [0.4, 0.5) is 0 Å². The van der Waals surface area contributed by atoms with Crippen LogP contribution in [0, 0.1) is 0 Å². The largest absolute Gasteiger partial charge is 0.472 e. The number of rotatable bonds is 80. The molecule has 0 radical (unpaired) electrons. The predicted molar refractivity (Wildman–Crippen MR) is 427 cm³/mol. The number of hydrogen-bond acceptors (Lipinski definition) is 15. The molecule has 0 fully saturated rings. The van der Waals surface area contributed by atoms with Gasteiger partial charge in [-0.3, -0.25) is 37.3 Å². The van der Waals surface area contributed by atoms with E-state index in [1.165, 1.54) is 186 Å². The standard InChI is InChI=1S/C85H154O17P2/c1-5-9-13-17-21-25-29-33-37-39-43-46-50-54-58-62-66-70-83(88)96-76-80(101-84(89)71-67-63-59-55-51-47-42-36-32-28-24-20-16-12-8-4)77-99-103(91,92)97-73-79(86)74-98-104(93,94)100-78-81(75-95-82(87)69-65-61-57-53-49-45-41-35-31-27-23-19-15-11-7-3)102-85(90)72-68-64-60-56-52-48-44-40-38-34-30-26-22-18-14-10-6-2/h22-23,26-27,34-35,38,41,44,48,56,60,79-81,86H,5-21,24-25,28-33,36-37,39-40,42-43,45-47,49-55,57-59,61-78H2,1-4H3,(H,91,92)(H,93,94)/b26-22-,27-23-,38-34-,41-35-,48-44-,60-56-/t79-,80+,81+/m0/s1. The van der Waals surface area contributed by atoms with Gasteiger partial charge in [0.15, 0.2) is 12.2 Å². The van der Waals surface area contributed by atoms with E-state index in [0.29, 0.717) is 32.1 Å². The van der Waals surface area contributed by atoms with E-state index < -0.39 is 97.5 Å². The van der Waals surface area contributed by atoms with Gasteiger partial charge in [-0.15, -0.1) is 0 Å². The van der Waals surface area contributed by atoms with E-state index in [9.17, 15) is 43.2 Å². The lowest BCUT2D eigenvalue weighted by atomic mass is 10.0. The molecule has 3 N–H and O–H groups in total. The van der Waals surface area contributed by atoms with Crippen LogP contribution >= 0.6 is 15.6 Å². The molecule has 0 spiro atoms. The van der Waals surface area contributed by atoms with Crippen molar-refractivity contribution >= 4 is 39.5 Å². The SMILES string of the molecule is CCCCC/C=C\C/C=C\C/C=C\C/C=C\CCCC(=O)O[C@H](COC(=O)CCCCCCC/C=C\C/C=C\CCCCC)COP(=O)(O)OC[C@@H](O)COP(=O)(O)OC[C@@H](COC(=O)CCCCCCCCCCCCCCCCCCC)OC(=O)CCCCCCCCCCCCCCCCC. The van der Waals surface area contributed by atoms with Gasteiger partial charge in [0.1, 0.15) is 19.3 Å². The number of esters is 4. The second kappa shape index (κ2) is 77.7. The van der Waals surface area contributed by atoms with Gasteiger partial charge in [-0.05, 0) is 96.3 Å². The Morgan fingerprint density at radius 3 is 0.779 bits per heavy atom. The normalized spacial score (nSPS) is 14.2. The molecule has 0 rings (SSSR count). The predicted octanol–water partition coefficient (Wildman–Crippen LogP) is 24.8. The van der Waals surface area contributed by atoms with E-state index in [1.807, 2.05) is 12.2 Å². The monoisotopic (exact) mass is 1510 g/mol. The molecule has 0 bridgehead atoms. The minimum atomic E-state index is -4.99. The molecule has 606 valence electrons. The van der Waals surface area contributed by atoms with Crippen LogP contribution in [0.1, 0.15) is 387 Å². The first-order chi connectivity index (χ1) is 50.7. The van der Waals surface area contributed by atoms with Gasteiger partial charge in [0.05, 0.1) is 26.4 Å². The molecule has 0 saturated carbocycles. The molecular weight excluding hydrogens is 1350 g/mol. The average molecular weight is 1510 g/mol. The molecule has 19 heteroatoms. The highest BCUT2D eigenvalue weighted by Crippen LogP contribution is 2.45. The van der Waals surface area contributed by atoms with Gasteiger partial charge in [0.2, 0.25) is 0 Å². The minimum absolute atomic E-state index is 0.0187. The highest BCUT2D eigenvalue weighted by atomic mass is 31.2. The molecule has 0 heterocycles. The lowest BCUT2D eigenvalue weighted by molar-refractivity contribution is -0.161. The first kappa shape index (κ1) is 100. The molecule has 0 aliphatic carbocycles. The van der Waals surface area contributed by atoms with Crippen LogP contribution in [0.25, 0.3) is 0 Å². The lowest BCUT2D eigenvalue weighted by Crippen LogP contribution is -2.30. The maximum Gasteiger partial charge on any atom is 0.472 e. The van der Waals surface area contributed by atoms with E-state index in [0.717, 1.165) is 116 Å². The molecule has 5 atom stereocenters. The summed E-state index contributed by atoms with van der Waals surface area (Å²) in [7, 11) is -9.97. The zero-order chi connectivity index (χ0) is 76.0. The van der Waals surface area contributed by atoms with Gasteiger partial charge in [0.25, 0.3) is 0 Å². The fourth-order valence-electron chi connectivity index (χ4n) is 11.7. The van der Waals surface area contributed by atoms with Crippen molar-refractivity contribution in [3.05, 3.63) is 72.9 Å². The van der Waals surface area contributed by atoms with E-state index in [4.69, 9.17) is 37.0 Å². The number of allylic oxidation sites excluding steroid dienone is 12. The summed E-state index contributed by atoms with van der Waals surface area (Å²) < 4.78 is 68.7. The Bertz CT molecular complexity index is 2250. The highest BCUT2D eigenvalue weighted by Gasteiger charge is 2.30. The Labute approximate surface area is 634 Å². The summed E-state index contributed by atoms with van der Waals surface area (Å²) in [6.07, 6.45) is 80.2. The molecule has 17 nitrogen and oxygen atoms in total. The summed E-state index contributed by atoms with van der Waals surface area (Å²) >= 11 is 0. The Morgan fingerprint density at radius 2 is 0.481 bits per heavy atom. The van der Waals surface area contributed by atoms with Gasteiger partial charge in [-0.2, -0.15) is 0 Å². The quantitative estimate of drug-likeness (QED) is 0.0169. The van der Waals surface area contributed by atoms with E-state index in [2.05, 4.69) is 88.5 Å². The summed E-state index contributed by atoms with van der Waals surface area (Å²) in [5, 5.41) is 10.7. The van der Waals surface area contributed by atoms with Crippen molar-refractivity contribution in [1.82, 2.24) is 0 Å². The zero-order valence-electron chi connectivity index (χ0n) is 66.5. The van der Waals surface area contributed by atoms with Crippen LogP contribution in [0.15, 0.2) is 72.9 Å². The fraction of sp³-hybridized carbons (Fsp3) is 0.812. The highest BCUT2D eigenvalue weighted by molar-refractivity contribution is 7.47.